The average molecular weight is 324 g/mol. The van der Waals surface area contributed by atoms with Gasteiger partial charge in [-0.05, 0) is 24.5 Å². The van der Waals surface area contributed by atoms with E-state index >= 15 is 0 Å². The van der Waals surface area contributed by atoms with E-state index in [2.05, 4.69) is 5.32 Å². The number of para-hydroxylation sites is 1. The summed E-state index contributed by atoms with van der Waals surface area (Å²) in [7, 11) is 0. The third-order valence-corrected chi connectivity index (χ3v) is 4.38. The van der Waals surface area contributed by atoms with Crippen LogP contribution >= 0.6 is 0 Å². The highest BCUT2D eigenvalue weighted by atomic mass is 16.4. The Balaban J connectivity index is 1.71. The van der Waals surface area contributed by atoms with E-state index in [1.54, 1.807) is 4.90 Å². The van der Waals surface area contributed by atoms with E-state index in [1.807, 2.05) is 54.6 Å². The molecule has 5 heteroatoms. The molecule has 0 aromatic heterocycles. The Kier molecular flexibility index (Phi) is 4.79. The first-order chi connectivity index (χ1) is 11.6. The van der Waals surface area contributed by atoms with Crippen molar-refractivity contribution < 1.29 is 14.7 Å². The van der Waals surface area contributed by atoms with Crippen molar-refractivity contribution in [2.24, 2.45) is 5.92 Å². The van der Waals surface area contributed by atoms with Gasteiger partial charge in [-0.3, -0.25) is 4.79 Å². The number of nitrogens with zero attached hydrogens (tertiary/aromatic N) is 1. The molecule has 0 radical (unpaired) electrons. The van der Waals surface area contributed by atoms with Crippen molar-refractivity contribution in [1.29, 1.82) is 0 Å². The zero-order chi connectivity index (χ0) is 16.9. The molecule has 3 rings (SSSR count). The van der Waals surface area contributed by atoms with Crippen LogP contribution in [0.4, 0.5) is 10.5 Å². The maximum atomic E-state index is 12.5. The molecule has 0 atom stereocenters. The minimum atomic E-state index is -0.774. The molecule has 5 nitrogen and oxygen atoms in total. The van der Waals surface area contributed by atoms with Crippen LogP contribution in [0.1, 0.15) is 12.8 Å². The van der Waals surface area contributed by atoms with Crippen LogP contribution < -0.4 is 5.32 Å². The SMILES string of the molecule is O=C(O)C1CCN(C(=O)Nc2ccccc2-c2ccccc2)CC1. The van der Waals surface area contributed by atoms with Gasteiger partial charge in [-0.25, -0.2) is 4.79 Å². The number of anilines is 1. The van der Waals surface area contributed by atoms with Crippen LogP contribution in [-0.4, -0.2) is 35.1 Å². The summed E-state index contributed by atoms with van der Waals surface area (Å²) in [5.41, 5.74) is 2.76. The number of hydrogen-bond acceptors (Lipinski definition) is 2. The number of rotatable bonds is 3. The Hall–Kier alpha value is -2.82. The van der Waals surface area contributed by atoms with Gasteiger partial charge >= 0.3 is 12.0 Å². The van der Waals surface area contributed by atoms with Gasteiger partial charge in [-0.2, -0.15) is 0 Å². The second-order valence-corrected chi connectivity index (χ2v) is 5.94. The van der Waals surface area contributed by atoms with E-state index in [1.165, 1.54) is 0 Å². The van der Waals surface area contributed by atoms with Crippen molar-refractivity contribution in [3.8, 4) is 11.1 Å². The highest BCUT2D eigenvalue weighted by molar-refractivity contribution is 5.94. The highest BCUT2D eigenvalue weighted by Gasteiger charge is 2.27. The number of benzene rings is 2. The number of carbonyl (C=O) groups is 2. The maximum absolute atomic E-state index is 12.5. The summed E-state index contributed by atoms with van der Waals surface area (Å²) in [5.74, 6) is -1.12. The van der Waals surface area contributed by atoms with Crippen molar-refractivity contribution in [1.82, 2.24) is 4.90 Å². The van der Waals surface area contributed by atoms with E-state index in [-0.39, 0.29) is 11.9 Å². The molecular formula is C19H20N2O3. The van der Waals surface area contributed by atoms with Gasteiger partial charge in [-0.1, -0.05) is 48.5 Å². The number of aliphatic carboxylic acids is 1. The smallest absolute Gasteiger partial charge is 0.321 e. The molecule has 0 aliphatic carbocycles. The Labute approximate surface area is 140 Å². The summed E-state index contributed by atoms with van der Waals surface area (Å²) in [6.45, 7) is 0.937. The topological polar surface area (TPSA) is 69.6 Å². The fourth-order valence-electron chi connectivity index (χ4n) is 2.99. The number of hydrogen-bond donors (Lipinski definition) is 2. The van der Waals surface area contributed by atoms with Gasteiger partial charge in [0.05, 0.1) is 11.6 Å². The minimum absolute atomic E-state index is 0.179. The summed E-state index contributed by atoms with van der Waals surface area (Å²) >= 11 is 0. The van der Waals surface area contributed by atoms with Gasteiger partial charge in [-0.15, -0.1) is 0 Å². The summed E-state index contributed by atoms with van der Waals surface area (Å²) in [6, 6.07) is 17.4. The summed E-state index contributed by atoms with van der Waals surface area (Å²) in [4.78, 5) is 25.2. The van der Waals surface area contributed by atoms with Crippen LogP contribution in [0.25, 0.3) is 11.1 Å². The molecule has 1 saturated heterocycles. The van der Waals surface area contributed by atoms with Gasteiger partial charge in [0.25, 0.3) is 0 Å². The Morgan fingerprint density at radius 2 is 1.58 bits per heavy atom. The monoisotopic (exact) mass is 324 g/mol. The number of piperidine rings is 1. The quantitative estimate of drug-likeness (QED) is 0.905. The Bertz CT molecular complexity index is 722. The van der Waals surface area contributed by atoms with Crippen LogP contribution in [0.5, 0.6) is 0 Å². The minimum Gasteiger partial charge on any atom is -0.481 e. The predicted molar refractivity (Wildman–Crippen MR) is 92.8 cm³/mol. The Morgan fingerprint density at radius 1 is 0.958 bits per heavy atom. The lowest BCUT2D eigenvalue weighted by molar-refractivity contribution is -0.143. The molecule has 0 bridgehead atoms. The van der Waals surface area contributed by atoms with Gasteiger partial charge < -0.3 is 15.3 Å². The molecule has 2 aromatic rings. The molecule has 1 aliphatic heterocycles. The molecular weight excluding hydrogens is 304 g/mol. The van der Waals surface area contributed by atoms with Gasteiger partial charge in [0.15, 0.2) is 0 Å². The molecule has 124 valence electrons. The molecule has 2 N–H and O–H groups in total. The number of carboxylic acid groups (broad SMARTS) is 1. The zero-order valence-electron chi connectivity index (χ0n) is 13.3. The lowest BCUT2D eigenvalue weighted by atomic mass is 9.97. The predicted octanol–water partition coefficient (Wildman–Crippen LogP) is 3.68. The van der Waals surface area contributed by atoms with Crippen molar-refractivity contribution in [2.75, 3.05) is 18.4 Å². The number of carboxylic acids is 1. The molecule has 2 amide bonds. The first-order valence-electron chi connectivity index (χ1n) is 8.08. The number of nitrogens with one attached hydrogen (secondary N) is 1. The van der Waals surface area contributed by atoms with E-state index in [0.29, 0.717) is 25.9 Å². The van der Waals surface area contributed by atoms with Crippen LogP contribution in [0.2, 0.25) is 0 Å². The van der Waals surface area contributed by atoms with Crippen LogP contribution in [0, 0.1) is 5.92 Å². The number of carbonyl (C=O) groups excluding carboxylic acids is 1. The molecule has 2 aromatic carbocycles. The number of urea groups is 1. The summed E-state index contributed by atoms with van der Waals surface area (Å²) in [6.07, 6.45) is 1.01. The highest BCUT2D eigenvalue weighted by Crippen LogP contribution is 2.28. The lowest BCUT2D eigenvalue weighted by Gasteiger charge is -2.30. The van der Waals surface area contributed by atoms with E-state index < -0.39 is 5.97 Å². The summed E-state index contributed by atoms with van der Waals surface area (Å²) < 4.78 is 0. The van der Waals surface area contributed by atoms with Gasteiger partial charge in [0.1, 0.15) is 0 Å². The lowest BCUT2D eigenvalue weighted by Crippen LogP contribution is -2.42. The average Bonchev–Trinajstić information content (AvgIpc) is 2.63. The zero-order valence-corrected chi connectivity index (χ0v) is 13.3. The maximum Gasteiger partial charge on any atom is 0.321 e. The van der Waals surface area contributed by atoms with E-state index in [4.69, 9.17) is 5.11 Å². The van der Waals surface area contributed by atoms with Crippen molar-refractivity contribution >= 4 is 17.7 Å². The summed E-state index contributed by atoms with van der Waals surface area (Å²) in [5, 5.41) is 12.0. The standard InChI is InChI=1S/C19H20N2O3/c22-18(23)15-10-12-21(13-11-15)19(24)20-17-9-5-4-8-16(17)14-6-2-1-3-7-14/h1-9,15H,10-13H2,(H,20,24)(H,22,23). The molecule has 1 aliphatic rings. The van der Waals surface area contributed by atoms with E-state index in [0.717, 1.165) is 16.8 Å². The first kappa shape index (κ1) is 16.1. The van der Waals surface area contributed by atoms with Crippen molar-refractivity contribution in [2.45, 2.75) is 12.8 Å². The normalized spacial score (nSPS) is 15.1. The molecule has 0 saturated carbocycles. The fraction of sp³-hybridized carbons (Fsp3) is 0.263. The van der Waals surface area contributed by atoms with Crippen molar-refractivity contribution in [3.05, 3.63) is 54.6 Å². The van der Waals surface area contributed by atoms with E-state index in [9.17, 15) is 9.59 Å². The second kappa shape index (κ2) is 7.17. The Morgan fingerprint density at radius 3 is 2.25 bits per heavy atom. The molecule has 0 spiro atoms. The number of likely N-dealkylation sites (tertiary alicyclic amines) is 1. The second-order valence-electron chi connectivity index (χ2n) is 5.94. The van der Waals surface area contributed by atoms with Crippen LogP contribution in [0.15, 0.2) is 54.6 Å². The third kappa shape index (κ3) is 3.56. The molecule has 24 heavy (non-hydrogen) atoms. The fourth-order valence-corrected chi connectivity index (χ4v) is 2.99. The molecule has 0 unspecified atom stereocenters. The largest absolute Gasteiger partial charge is 0.481 e. The van der Waals surface area contributed by atoms with Gasteiger partial charge in [0.2, 0.25) is 0 Å². The number of amides is 2. The van der Waals surface area contributed by atoms with Crippen LogP contribution in [0.3, 0.4) is 0 Å². The van der Waals surface area contributed by atoms with Crippen LogP contribution in [-0.2, 0) is 4.79 Å². The van der Waals surface area contributed by atoms with Crippen molar-refractivity contribution in [3.63, 3.8) is 0 Å². The van der Waals surface area contributed by atoms with Gasteiger partial charge in [0, 0.05) is 18.7 Å². The third-order valence-electron chi connectivity index (χ3n) is 4.38. The first-order valence-corrected chi connectivity index (χ1v) is 8.08. The molecule has 1 fully saturated rings. The molecule has 1 heterocycles.